The van der Waals surface area contributed by atoms with E-state index in [-0.39, 0.29) is 17.3 Å². The van der Waals surface area contributed by atoms with Gasteiger partial charge in [0.05, 0.1) is 5.02 Å². The summed E-state index contributed by atoms with van der Waals surface area (Å²) in [6.07, 6.45) is -0.164. The number of allylic oxidation sites excluding steroid dienone is 1. The van der Waals surface area contributed by atoms with Crippen LogP contribution in [0.2, 0.25) is 5.02 Å². The highest BCUT2D eigenvalue weighted by atomic mass is 35.5. The van der Waals surface area contributed by atoms with Crippen molar-refractivity contribution >= 4 is 23.4 Å². The van der Waals surface area contributed by atoms with E-state index in [1.165, 1.54) is 12.1 Å². The predicted octanol–water partition coefficient (Wildman–Crippen LogP) is 4.56. The Labute approximate surface area is 118 Å². The largest absolute Gasteiger partial charge is 0.409 e. The zero-order chi connectivity index (χ0) is 14.8. The summed E-state index contributed by atoms with van der Waals surface area (Å²) in [4.78, 5) is 3.88. The van der Waals surface area contributed by atoms with E-state index < -0.39 is 6.18 Å². The van der Waals surface area contributed by atoms with Crippen LogP contribution in [0.25, 0.3) is 17.2 Å². The van der Waals surface area contributed by atoms with Gasteiger partial charge in [0, 0.05) is 29.7 Å². The molecule has 2 nitrogen and oxygen atoms in total. The van der Waals surface area contributed by atoms with Gasteiger partial charge in [-0.15, -0.1) is 0 Å². The van der Waals surface area contributed by atoms with Crippen LogP contribution in [0.15, 0.2) is 42.7 Å². The quantitative estimate of drug-likeness (QED) is 0.826. The summed E-state index contributed by atoms with van der Waals surface area (Å²) in [6.45, 7) is 0. The number of nitrogens with two attached hydrogens (primary N) is 1. The number of pyridine rings is 1. The van der Waals surface area contributed by atoms with Gasteiger partial charge >= 0.3 is 6.18 Å². The van der Waals surface area contributed by atoms with Gasteiger partial charge in [0.2, 0.25) is 0 Å². The number of hydrogen-bond acceptors (Lipinski definition) is 2. The average molecular weight is 299 g/mol. The molecule has 20 heavy (non-hydrogen) atoms. The zero-order valence-corrected chi connectivity index (χ0v) is 10.9. The molecule has 2 aromatic rings. The molecule has 0 saturated heterocycles. The number of anilines is 1. The third-order valence-corrected chi connectivity index (χ3v) is 2.93. The van der Waals surface area contributed by atoms with Gasteiger partial charge in [0.15, 0.2) is 0 Å². The number of alkyl halides is 3. The fourth-order valence-electron chi connectivity index (χ4n) is 1.69. The van der Waals surface area contributed by atoms with Crippen molar-refractivity contribution in [3.05, 3.63) is 53.3 Å². The summed E-state index contributed by atoms with van der Waals surface area (Å²) < 4.78 is 36.6. The highest BCUT2D eigenvalue weighted by Crippen LogP contribution is 2.32. The number of rotatable bonds is 2. The van der Waals surface area contributed by atoms with E-state index in [4.69, 9.17) is 17.3 Å². The molecule has 0 saturated carbocycles. The Kier molecular flexibility index (Phi) is 3.99. The van der Waals surface area contributed by atoms with Gasteiger partial charge in [-0.05, 0) is 41.5 Å². The third kappa shape index (κ3) is 3.51. The summed E-state index contributed by atoms with van der Waals surface area (Å²) in [5, 5.41) is 0.373. The van der Waals surface area contributed by atoms with Gasteiger partial charge in [-0.1, -0.05) is 11.6 Å². The number of aromatic nitrogens is 1. The number of benzene rings is 1. The van der Waals surface area contributed by atoms with Gasteiger partial charge in [0.1, 0.15) is 0 Å². The molecule has 0 aliphatic rings. The van der Waals surface area contributed by atoms with E-state index in [0.29, 0.717) is 10.6 Å². The maximum Gasteiger partial charge on any atom is 0.409 e. The van der Waals surface area contributed by atoms with E-state index in [1.807, 2.05) is 0 Å². The molecule has 104 valence electrons. The molecule has 2 N–H and O–H groups in total. The lowest BCUT2D eigenvalue weighted by molar-refractivity contribution is -0.0790. The van der Waals surface area contributed by atoms with Crippen molar-refractivity contribution in [1.82, 2.24) is 4.98 Å². The third-order valence-electron chi connectivity index (χ3n) is 2.62. The Bertz CT molecular complexity index is 637. The molecule has 0 atom stereocenters. The molecule has 1 aromatic heterocycles. The fourth-order valence-corrected chi connectivity index (χ4v) is 1.97. The first-order valence-electron chi connectivity index (χ1n) is 5.62. The van der Waals surface area contributed by atoms with Crippen molar-refractivity contribution < 1.29 is 13.2 Å². The summed E-state index contributed by atoms with van der Waals surface area (Å²) in [6, 6.07) is 6.39. The van der Waals surface area contributed by atoms with Gasteiger partial charge in [0.25, 0.3) is 0 Å². The molecule has 6 heteroatoms. The van der Waals surface area contributed by atoms with Crippen LogP contribution in [0.5, 0.6) is 0 Å². The van der Waals surface area contributed by atoms with Crippen molar-refractivity contribution in [2.45, 2.75) is 6.18 Å². The molecule has 0 aliphatic heterocycles. The molecule has 0 unspecified atom stereocenters. The van der Waals surface area contributed by atoms with E-state index in [2.05, 4.69) is 4.98 Å². The van der Waals surface area contributed by atoms with Crippen LogP contribution in [0.4, 0.5) is 18.9 Å². The molecule has 0 aliphatic carbocycles. The molecule has 0 bridgehead atoms. The summed E-state index contributed by atoms with van der Waals surface area (Å²) >= 11 is 6.08. The first-order valence-corrected chi connectivity index (χ1v) is 6.00. The lowest BCUT2D eigenvalue weighted by Gasteiger charge is -2.09. The lowest BCUT2D eigenvalue weighted by Crippen LogP contribution is -2.01. The molecule has 0 fully saturated rings. The topological polar surface area (TPSA) is 38.9 Å². The lowest BCUT2D eigenvalue weighted by atomic mass is 10.0. The van der Waals surface area contributed by atoms with E-state index in [0.717, 1.165) is 11.6 Å². The first kappa shape index (κ1) is 14.4. The minimum absolute atomic E-state index is 0.142. The number of nitrogens with zero attached hydrogens (tertiary/aromatic N) is 1. The van der Waals surface area contributed by atoms with E-state index in [9.17, 15) is 13.2 Å². The van der Waals surface area contributed by atoms with Crippen LogP contribution in [0.1, 0.15) is 5.56 Å². The smallest absolute Gasteiger partial charge is 0.398 e. The van der Waals surface area contributed by atoms with Crippen molar-refractivity contribution in [1.29, 1.82) is 0 Å². The van der Waals surface area contributed by atoms with Crippen LogP contribution in [0, 0.1) is 0 Å². The molecule has 1 heterocycles. The minimum atomic E-state index is -4.39. The molecule has 0 spiro atoms. The molecule has 0 amide bonds. The normalized spacial score (nSPS) is 12.0. The van der Waals surface area contributed by atoms with Crippen LogP contribution >= 0.6 is 11.6 Å². The van der Waals surface area contributed by atoms with Gasteiger partial charge in [-0.25, -0.2) is 0 Å². The minimum Gasteiger partial charge on any atom is -0.398 e. The van der Waals surface area contributed by atoms with Crippen LogP contribution in [0.3, 0.4) is 0 Å². The monoisotopic (exact) mass is 298 g/mol. The maximum atomic E-state index is 12.2. The fraction of sp³-hybridized carbons (Fsp3) is 0.0714. The molecular formula is C14H10ClF3N2. The predicted molar refractivity (Wildman–Crippen MR) is 74.2 cm³/mol. The zero-order valence-electron chi connectivity index (χ0n) is 10.2. The van der Waals surface area contributed by atoms with Crippen LogP contribution < -0.4 is 5.73 Å². The Morgan fingerprint density at radius 1 is 1.15 bits per heavy atom. The highest BCUT2D eigenvalue weighted by molar-refractivity contribution is 6.33. The van der Waals surface area contributed by atoms with Crippen molar-refractivity contribution in [3.8, 4) is 11.1 Å². The molecule has 1 aromatic carbocycles. The van der Waals surface area contributed by atoms with E-state index >= 15 is 0 Å². The summed E-state index contributed by atoms with van der Waals surface area (Å²) in [5.41, 5.74) is 7.49. The van der Waals surface area contributed by atoms with Crippen LogP contribution in [-0.4, -0.2) is 11.2 Å². The Morgan fingerprint density at radius 3 is 2.40 bits per heavy atom. The van der Waals surface area contributed by atoms with Crippen molar-refractivity contribution in [3.63, 3.8) is 0 Å². The number of hydrogen-bond donors (Lipinski definition) is 1. The first-order chi connectivity index (χ1) is 9.37. The second kappa shape index (κ2) is 5.54. The Balaban J connectivity index is 2.48. The molecule has 2 rings (SSSR count). The molecular weight excluding hydrogens is 289 g/mol. The number of halogens is 4. The van der Waals surface area contributed by atoms with Crippen molar-refractivity contribution in [2.75, 3.05) is 5.73 Å². The maximum absolute atomic E-state index is 12.2. The second-order valence-electron chi connectivity index (χ2n) is 4.07. The van der Waals surface area contributed by atoms with E-state index in [1.54, 1.807) is 24.5 Å². The SMILES string of the molecule is Nc1cc(Cl)c(-c2ccncc2)cc1/C=C/C(F)(F)F. The van der Waals surface area contributed by atoms with Crippen molar-refractivity contribution in [2.24, 2.45) is 0 Å². The standard InChI is InChI=1S/C14H10ClF3N2/c15-12-8-13(19)10(1-4-14(16,17)18)7-11(12)9-2-5-20-6-3-9/h1-8H,19H2/b4-1+. The van der Waals surface area contributed by atoms with Crippen LogP contribution in [-0.2, 0) is 0 Å². The highest BCUT2D eigenvalue weighted by Gasteiger charge is 2.22. The van der Waals surface area contributed by atoms with Gasteiger partial charge in [-0.3, -0.25) is 4.98 Å². The Hall–Kier alpha value is -2.01. The van der Waals surface area contributed by atoms with Gasteiger partial charge in [-0.2, -0.15) is 13.2 Å². The average Bonchev–Trinajstić information content (AvgIpc) is 2.37. The summed E-state index contributed by atoms with van der Waals surface area (Å²) in [7, 11) is 0. The second-order valence-corrected chi connectivity index (χ2v) is 4.48. The van der Waals surface area contributed by atoms with Gasteiger partial charge < -0.3 is 5.73 Å². The number of nitrogen functional groups attached to an aromatic ring is 1. The molecule has 0 radical (unpaired) electrons. The Morgan fingerprint density at radius 2 is 1.80 bits per heavy atom. The summed E-state index contributed by atoms with van der Waals surface area (Å²) in [5.74, 6) is 0.